The fourth-order valence-electron chi connectivity index (χ4n) is 2.82. The summed E-state index contributed by atoms with van der Waals surface area (Å²) in [6.07, 6.45) is 2.07. The first-order chi connectivity index (χ1) is 10.8. The van der Waals surface area contributed by atoms with Crippen molar-refractivity contribution in [2.24, 2.45) is 0 Å². The van der Waals surface area contributed by atoms with Crippen molar-refractivity contribution in [2.45, 2.75) is 31.2 Å². The number of hydrogen-bond acceptors (Lipinski definition) is 2. The Morgan fingerprint density at radius 3 is 2.64 bits per heavy atom. The topological polar surface area (TPSA) is 20.3 Å². The van der Waals surface area contributed by atoms with Crippen molar-refractivity contribution < 1.29 is 4.79 Å². The fourth-order valence-corrected chi connectivity index (χ4v) is 3.73. The summed E-state index contributed by atoms with van der Waals surface area (Å²) in [6.45, 7) is 3.70. The monoisotopic (exact) mass is 311 g/mol. The van der Waals surface area contributed by atoms with Crippen LogP contribution in [0.1, 0.15) is 34.8 Å². The maximum atomic E-state index is 12.9. The van der Waals surface area contributed by atoms with Crippen LogP contribution in [0.4, 0.5) is 0 Å². The van der Waals surface area contributed by atoms with E-state index in [1.165, 1.54) is 11.1 Å². The highest BCUT2D eigenvalue weighted by Crippen LogP contribution is 2.26. The van der Waals surface area contributed by atoms with Gasteiger partial charge in [-0.3, -0.25) is 4.79 Å². The third-order valence-corrected chi connectivity index (χ3v) is 5.28. The summed E-state index contributed by atoms with van der Waals surface area (Å²) in [5, 5.41) is 0. The summed E-state index contributed by atoms with van der Waals surface area (Å²) >= 11 is 1.78. The molecule has 0 aromatic heterocycles. The van der Waals surface area contributed by atoms with Crippen molar-refractivity contribution in [3.63, 3.8) is 0 Å². The molecule has 3 heteroatoms. The molecular formula is C19H21NOS. The van der Waals surface area contributed by atoms with Gasteiger partial charge in [-0.25, -0.2) is 0 Å². The van der Waals surface area contributed by atoms with Gasteiger partial charge in [-0.05, 0) is 41.9 Å². The Hall–Kier alpha value is -1.74. The Kier molecular flexibility index (Phi) is 4.84. The third kappa shape index (κ3) is 3.20. The second-order valence-corrected chi connectivity index (χ2v) is 6.73. The molecule has 0 N–H and O–H groups in total. The molecule has 2 aromatic rings. The molecule has 1 heterocycles. The molecule has 114 valence electrons. The van der Waals surface area contributed by atoms with Crippen LogP contribution in [0.15, 0.2) is 53.4 Å². The van der Waals surface area contributed by atoms with E-state index in [0.717, 1.165) is 42.1 Å². The average Bonchev–Trinajstić information content (AvgIpc) is 2.59. The van der Waals surface area contributed by atoms with E-state index in [0.29, 0.717) is 0 Å². The van der Waals surface area contributed by atoms with E-state index >= 15 is 0 Å². The molecule has 0 saturated carbocycles. The van der Waals surface area contributed by atoms with Gasteiger partial charge in [-0.2, -0.15) is 0 Å². The van der Waals surface area contributed by atoms with Crippen molar-refractivity contribution in [1.29, 1.82) is 0 Å². The van der Waals surface area contributed by atoms with Crippen molar-refractivity contribution in [3.05, 3.63) is 65.2 Å². The van der Waals surface area contributed by atoms with Gasteiger partial charge in [-0.1, -0.05) is 43.3 Å². The van der Waals surface area contributed by atoms with Crippen LogP contribution in [-0.4, -0.2) is 23.1 Å². The van der Waals surface area contributed by atoms with Gasteiger partial charge < -0.3 is 4.90 Å². The van der Waals surface area contributed by atoms with Crippen molar-refractivity contribution in [2.75, 3.05) is 12.3 Å². The number of rotatable bonds is 4. The lowest BCUT2D eigenvalue weighted by molar-refractivity contribution is 0.0731. The van der Waals surface area contributed by atoms with Gasteiger partial charge in [0.15, 0.2) is 0 Å². The predicted octanol–water partition coefficient (Wildman–Crippen LogP) is 4.39. The predicted molar refractivity (Wildman–Crippen MR) is 92.3 cm³/mol. The first-order valence-electron chi connectivity index (χ1n) is 7.87. The number of benzene rings is 2. The van der Waals surface area contributed by atoms with Crippen LogP contribution in [-0.2, 0) is 13.0 Å². The standard InChI is InChI=1S/C19H21NOS/c1-2-13-22-18-10-6-5-9-17(18)19(21)20-12-11-15-7-3-4-8-16(15)14-20/h3-10H,2,11-14H2,1H3. The molecule has 3 rings (SSSR count). The SMILES string of the molecule is CCCSc1ccccc1C(=O)N1CCc2ccccc2C1. The summed E-state index contributed by atoms with van der Waals surface area (Å²) in [5.41, 5.74) is 3.50. The molecule has 2 nitrogen and oxygen atoms in total. The molecule has 1 amide bonds. The summed E-state index contributed by atoms with van der Waals surface area (Å²) in [7, 11) is 0. The van der Waals surface area contributed by atoms with Crippen molar-refractivity contribution in [3.8, 4) is 0 Å². The van der Waals surface area contributed by atoms with E-state index in [4.69, 9.17) is 0 Å². The minimum atomic E-state index is 0.161. The van der Waals surface area contributed by atoms with Gasteiger partial charge in [0, 0.05) is 18.0 Å². The highest BCUT2D eigenvalue weighted by Gasteiger charge is 2.23. The molecule has 0 atom stereocenters. The van der Waals surface area contributed by atoms with E-state index in [9.17, 15) is 4.79 Å². The van der Waals surface area contributed by atoms with Gasteiger partial charge in [0.1, 0.15) is 0 Å². The van der Waals surface area contributed by atoms with Crippen LogP contribution < -0.4 is 0 Å². The Balaban J connectivity index is 1.80. The Labute approximate surface area is 136 Å². The maximum Gasteiger partial charge on any atom is 0.255 e. The van der Waals surface area contributed by atoms with Crippen LogP contribution in [0.2, 0.25) is 0 Å². The summed E-state index contributed by atoms with van der Waals surface area (Å²) in [6, 6.07) is 16.4. The second kappa shape index (κ2) is 7.01. The number of thioether (sulfide) groups is 1. The lowest BCUT2D eigenvalue weighted by atomic mass is 9.99. The van der Waals surface area contributed by atoms with E-state index < -0.39 is 0 Å². The highest BCUT2D eigenvalue weighted by atomic mass is 32.2. The van der Waals surface area contributed by atoms with Crippen molar-refractivity contribution in [1.82, 2.24) is 4.90 Å². The number of nitrogens with zero attached hydrogens (tertiary/aromatic N) is 1. The highest BCUT2D eigenvalue weighted by molar-refractivity contribution is 7.99. The quantitative estimate of drug-likeness (QED) is 0.781. The van der Waals surface area contributed by atoms with Crippen LogP contribution >= 0.6 is 11.8 Å². The number of fused-ring (bicyclic) bond motifs is 1. The van der Waals surface area contributed by atoms with E-state index in [1.54, 1.807) is 11.8 Å². The Bertz CT molecular complexity index is 668. The van der Waals surface area contributed by atoms with E-state index in [2.05, 4.69) is 37.3 Å². The molecule has 0 bridgehead atoms. The number of carbonyl (C=O) groups excluding carboxylic acids is 1. The molecule has 2 aromatic carbocycles. The van der Waals surface area contributed by atoms with Gasteiger partial charge in [0.05, 0.1) is 5.56 Å². The first kappa shape index (κ1) is 15.2. The molecule has 0 fully saturated rings. The first-order valence-corrected chi connectivity index (χ1v) is 8.86. The normalized spacial score (nSPS) is 13.8. The minimum absolute atomic E-state index is 0.161. The van der Waals surface area contributed by atoms with Gasteiger partial charge >= 0.3 is 0 Å². The van der Waals surface area contributed by atoms with E-state index in [-0.39, 0.29) is 5.91 Å². The molecule has 0 unspecified atom stereocenters. The molecule has 1 aliphatic heterocycles. The number of amides is 1. The van der Waals surface area contributed by atoms with Crippen molar-refractivity contribution >= 4 is 17.7 Å². The van der Waals surface area contributed by atoms with Crippen LogP contribution in [0.25, 0.3) is 0 Å². The van der Waals surface area contributed by atoms with Crippen LogP contribution in [0.3, 0.4) is 0 Å². The molecule has 1 aliphatic rings. The van der Waals surface area contributed by atoms with Crippen LogP contribution in [0, 0.1) is 0 Å². The molecule has 0 radical (unpaired) electrons. The minimum Gasteiger partial charge on any atom is -0.334 e. The van der Waals surface area contributed by atoms with Gasteiger partial charge in [-0.15, -0.1) is 11.8 Å². The lowest BCUT2D eigenvalue weighted by Crippen LogP contribution is -2.36. The Morgan fingerprint density at radius 2 is 1.82 bits per heavy atom. The smallest absolute Gasteiger partial charge is 0.255 e. The largest absolute Gasteiger partial charge is 0.334 e. The lowest BCUT2D eigenvalue weighted by Gasteiger charge is -2.29. The second-order valence-electron chi connectivity index (χ2n) is 5.59. The van der Waals surface area contributed by atoms with Crippen LogP contribution in [0.5, 0.6) is 0 Å². The average molecular weight is 311 g/mol. The molecule has 0 spiro atoms. The van der Waals surface area contributed by atoms with Gasteiger partial charge in [0.2, 0.25) is 0 Å². The Morgan fingerprint density at radius 1 is 1.09 bits per heavy atom. The zero-order valence-electron chi connectivity index (χ0n) is 12.9. The van der Waals surface area contributed by atoms with Gasteiger partial charge in [0.25, 0.3) is 5.91 Å². The molecule has 22 heavy (non-hydrogen) atoms. The number of carbonyl (C=O) groups is 1. The molecular weight excluding hydrogens is 290 g/mol. The summed E-state index contributed by atoms with van der Waals surface area (Å²) < 4.78 is 0. The fraction of sp³-hybridized carbons (Fsp3) is 0.316. The zero-order valence-corrected chi connectivity index (χ0v) is 13.7. The summed E-state index contributed by atoms with van der Waals surface area (Å²) in [4.78, 5) is 16.0. The number of hydrogen-bond donors (Lipinski definition) is 0. The molecule has 0 saturated heterocycles. The summed E-state index contributed by atoms with van der Waals surface area (Å²) in [5.74, 6) is 1.21. The molecule has 0 aliphatic carbocycles. The maximum absolute atomic E-state index is 12.9. The zero-order chi connectivity index (χ0) is 15.4. The third-order valence-electron chi connectivity index (χ3n) is 4.00. The van der Waals surface area contributed by atoms with E-state index in [1.807, 2.05) is 23.1 Å².